The van der Waals surface area contributed by atoms with Crippen molar-refractivity contribution < 1.29 is 0 Å². The summed E-state index contributed by atoms with van der Waals surface area (Å²) in [5, 5.41) is 0. The summed E-state index contributed by atoms with van der Waals surface area (Å²) >= 11 is 2.01. The molecule has 1 aliphatic rings. The lowest BCUT2D eigenvalue weighted by Crippen LogP contribution is -2.48. The SMILES string of the molecule is CCSCCC(CN)N1CCN(C)c2ccccc21. The van der Waals surface area contributed by atoms with Crippen molar-refractivity contribution in [2.75, 3.05) is 48.0 Å². The Morgan fingerprint density at radius 3 is 2.68 bits per heavy atom. The minimum atomic E-state index is 0.467. The van der Waals surface area contributed by atoms with Crippen LogP contribution in [-0.2, 0) is 0 Å². The Kier molecular flexibility index (Phi) is 5.40. The molecule has 0 spiro atoms. The molecule has 0 fully saturated rings. The van der Waals surface area contributed by atoms with Gasteiger partial charge in [-0.05, 0) is 30.1 Å². The molecule has 106 valence electrons. The van der Waals surface area contributed by atoms with Gasteiger partial charge in [-0.1, -0.05) is 19.1 Å². The van der Waals surface area contributed by atoms with Crippen LogP contribution in [0.25, 0.3) is 0 Å². The Morgan fingerprint density at radius 2 is 2.00 bits per heavy atom. The maximum atomic E-state index is 6.01. The number of nitrogens with two attached hydrogens (primary N) is 1. The average molecular weight is 279 g/mol. The molecule has 1 aliphatic heterocycles. The van der Waals surface area contributed by atoms with Crippen LogP contribution in [0.1, 0.15) is 13.3 Å². The van der Waals surface area contributed by atoms with Gasteiger partial charge in [0, 0.05) is 32.7 Å². The maximum Gasteiger partial charge on any atom is 0.0607 e. The van der Waals surface area contributed by atoms with Crippen molar-refractivity contribution in [2.24, 2.45) is 5.73 Å². The molecule has 2 rings (SSSR count). The molecular weight excluding hydrogens is 254 g/mol. The molecular formula is C15H25N3S. The highest BCUT2D eigenvalue weighted by Crippen LogP contribution is 2.33. The monoisotopic (exact) mass is 279 g/mol. The van der Waals surface area contributed by atoms with E-state index in [0.717, 1.165) is 19.6 Å². The van der Waals surface area contributed by atoms with E-state index in [9.17, 15) is 0 Å². The van der Waals surface area contributed by atoms with E-state index in [-0.39, 0.29) is 0 Å². The van der Waals surface area contributed by atoms with Crippen molar-refractivity contribution in [1.82, 2.24) is 0 Å². The van der Waals surface area contributed by atoms with Gasteiger partial charge in [0.05, 0.1) is 11.4 Å². The number of likely N-dealkylation sites (N-methyl/N-ethyl adjacent to an activating group) is 1. The zero-order chi connectivity index (χ0) is 13.7. The molecule has 1 atom stereocenters. The van der Waals surface area contributed by atoms with Crippen LogP contribution in [0.2, 0.25) is 0 Å². The van der Waals surface area contributed by atoms with Crippen LogP contribution in [-0.4, -0.2) is 44.2 Å². The first-order valence-corrected chi connectivity index (χ1v) is 8.28. The van der Waals surface area contributed by atoms with Crippen molar-refractivity contribution in [2.45, 2.75) is 19.4 Å². The molecule has 19 heavy (non-hydrogen) atoms. The summed E-state index contributed by atoms with van der Waals surface area (Å²) in [4.78, 5) is 4.84. The zero-order valence-corrected chi connectivity index (χ0v) is 12.8. The van der Waals surface area contributed by atoms with E-state index in [1.54, 1.807) is 0 Å². The molecule has 1 heterocycles. The summed E-state index contributed by atoms with van der Waals surface area (Å²) in [7, 11) is 2.17. The number of para-hydroxylation sites is 2. The van der Waals surface area contributed by atoms with Gasteiger partial charge in [-0.25, -0.2) is 0 Å². The Labute approximate surface area is 121 Å². The van der Waals surface area contributed by atoms with Gasteiger partial charge in [0.2, 0.25) is 0 Å². The van der Waals surface area contributed by atoms with Gasteiger partial charge in [0.25, 0.3) is 0 Å². The Morgan fingerprint density at radius 1 is 1.26 bits per heavy atom. The van der Waals surface area contributed by atoms with Crippen LogP contribution in [0.5, 0.6) is 0 Å². The van der Waals surface area contributed by atoms with Crippen LogP contribution in [0.15, 0.2) is 24.3 Å². The molecule has 1 unspecified atom stereocenters. The van der Waals surface area contributed by atoms with E-state index in [2.05, 4.69) is 48.0 Å². The van der Waals surface area contributed by atoms with Crippen LogP contribution >= 0.6 is 11.8 Å². The smallest absolute Gasteiger partial charge is 0.0607 e. The Balaban J connectivity index is 2.13. The van der Waals surface area contributed by atoms with Crippen LogP contribution in [0.4, 0.5) is 11.4 Å². The molecule has 0 saturated carbocycles. The van der Waals surface area contributed by atoms with Gasteiger partial charge in [0.15, 0.2) is 0 Å². The summed E-state index contributed by atoms with van der Waals surface area (Å²) in [6.45, 7) is 5.11. The fourth-order valence-corrected chi connectivity index (χ4v) is 3.40. The highest BCUT2D eigenvalue weighted by molar-refractivity contribution is 7.99. The Bertz CT molecular complexity index is 397. The summed E-state index contributed by atoms with van der Waals surface area (Å²) in [6, 6.07) is 9.13. The third-order valence-corrected chi connectivity index (χ3v) is 4.72. The number of hydrogen-bond donors (Lipinski definition) is 1. The molecule has 0 bridgehead atoms. The van der Waals surface area contributed by atoms with Crippen LogP contribution in [0, 0.1) is 0 Å². The number of benzene rings is 1. The summed E-state index contributed by atoms with van der Waals surface area (Å²) in [5.74, 6) is 2.39. The number of thioether (sulfide) groups is 1. The summed E-state index contributed by atoms with van der Waals surface area (Å²) in [5.41, 5.74) is 8.68. The van der Waals surface area contributed by atoms with Crippen molar-refractivity contribution in [3.8, 4) is 0 Å². The van der Waals surface area contributed by atoms with Gasteiger partial charge in [-0.15, -0.1) is 0 Å². The quantitative estimate of drug-likeness (QED) is 0.811. The van der Waals surface area contributed by atoms with Crippen molar-refractivity contribution >= 4 is 23.1 Å². The van der Waals surface area contributed by atoms with Gasteiger partial charge in [0.1, 0.15) is 0 Å². The molecule has 3 nitrogen and oxygen atoms in total. The average Bonchev–Trinajstić information content (AvgIpc) is 2.45. The molecule has 2 N–H and O–H groups in total. The third kappa shape index (κ3) is 3.37. The first-order valence-electron chi connectivity index (χ1n) is 7.12. The first-order chi connectivity index (χ1) is 9.27. The lowest BCUT2D eigenvalue weighted by Gasteiger charge is -2.41. The molecule has 0 radical (unpaired) electrons. The lowest BCUT2D eigenvalue weighted by molar-refractivity contribution is 0.572. The predicted molar refractivity (Wildman–Crippen MR) is 87.5 cm³/mol. The number of hydrogen-bond acceptors (Lipinski definition) is 4. The number of anilines is 2. The topological polar surface area (TPSA) is 32.5 Å². The fourth-order valence-electron chi connectivity index (χ4n) is 2.67. The van der Waals surface area contributed by atoms with E-state index in [0.29, 0.717) is 6.04 Å². The number of nitrogens with zero attached hydrogens (tertiary/aromatic N) is 2. The number of fused-ring (bicyclic) bond motifs is 1. The molecule has 1 aromatic carbocycles. The van der Waals surface area contributed by atoms with Crippen molar-refractivity contribution in [3.63, 3.8) is 0 Å². The second-order valence-electron chi connectivity index (χ2n) is 4.98. The first kappa shape index (κ1) is 14.5. The second kappa shape index (κ2) is 7.06. The molecule has 0 amide bonds. The normalized spacial score (nSPS) is 16.4. The van der Waals surface area contributed by atoms with Crippen LogP contribution in [0.3, 0.4) is 0 Å². The fraction of sp³-hybridized carbons (Fsp3) is 0.600. The van der Waals surface area contributed by atoms with E-state index in [1.165, 1.54) is 29.3 Å². The zero-order valence-electron chi connectivity index (χ0n) is 12.0. The van der Waals surface area contributed by atoms with E-state index < -0.39 is 0 Å². The number of rotatable bonds is 6. The molecule has 0 aromatic heterocycles. The van der Waals surface area contributed by atoms with Gasteiger partial charge in [-0.2, -0.15) is 11.8 Å². The summed E-state index contributed by atoms with van der Waals surface area (Å²) in [6.07, 6.45) is 1.17. The molecule has 0 aliphatic carbocycles. The maximum absolute atomic E-state index is 6.01. The molecule has 1 aromatic rings. The lowest BCUT2D eigenvalue weighted by atomic mass is 10.1. The third-order valence-electron chi connectivity index (χ3n) is 3.79. The second-order valence-corrected chi connectivity index (χ2v) is 6.37. The predicted octanol–water partition coefficient (Wildman–Crippen LogP) is 2.41. The van der Waals surface area contributed by atoms with E-state index in [4.69, 9.17) is 5.73 Å². The highest BCUT2D eigenvalue weighted by atomic mass is 32.2. The molecule has 0 saturated heterocycles. The minimum absolute atomic E-state index is 0.467. The summed E-state index contributed by atoms with van der Waals surface area (Å²) < 4.78 is 0. The van der Waals surface area contributed by atoms with Crippen molar-refractivity contribution in [1.29, 1.82) is 0 Å². The van der Waals surface area contributed by atoms with E-state index in [1.807, 2.05) is 11.8 Å². The molecule has 4 heteroatoms. The standard InChI is InChI=1S/C15H25N3S/c1-3-19-11-8-13(12-16)18-10-9-17(2)14-6-4-5-7-15(14)18/h4-7,13H,3,8-12,16H2,1-2H3. The van der Waals surface area contributed by atoms with Gasteiger partial charge in [-0.3, -0.25) is 0 Å². The van der Waals surface area contributed by atoms with Crippen LogP contribution < -0.4 is 15.5 Å². The largest absolute Gasteiger partial charge is 0.371 e. The minimum Gasteiger partial charge on any atom is -0.371 e. The van der Waals surface area contributed by atoms with Gasteiger partial charge >= 0.3 is 0 Å². The van der Waals surface area contributed by atoms with Crippen molar-refractivity contribution in [3.05, 3.63) is 24.3 Å². The van der Waals surface area contributed by atoms with Gasteiger partial charge < -0.3 is 15.5 Å². The van der Waals surface area contributed by atoms with E-state index >= 15 is 0 Å². The highest BCUT2D eigenvalue weighted by Gasteiger charge is 2.24. The Hall–Kier alpha value is -0.870.